The van der Waals surface area contributed by atoms with Gasteiger partial charge in [0.15, 0.2) is 8.68 Å². The molecule has 0 saturated carbocycles. The minimum atomic E-state index is -3.59. The summed E-state index contributed by atoms with van der Waals surface area (Å²) in [6, 6.07) is 9.23. The van der Waals surface area contributed by atoms with Gasteiger partial charge in [-0.1, -0.05) is 53.3 Å². The number of aromatic nitrogens is 1. The van der Waals surface area contributed by atoms with Crippen molar-refractivity contribution in [2.45, 2.75) is 24.1 Å². The van der Waals surface area contributed by atoms with Gasteiger partial charge < -0.3 is 0 Å². The molecule has 0 aliphatic rings. The van der Waals surface area contributed by atoms with Gasteiger partial charge >= 0.3 is 0 Å². The van der Waals surface area contributed by atoms with E-state index in [0.29, 0.717) is 5.69 Å². The number of rotatable bonds is 4. The summed E-state index contributed by atoms with van der Waals surface area (Å²) >= 11 is 6.78. The van der Waals surface area contributed by atoms with Crippen LogP contribution in [0, 0.1) is 6.92 Å². The first-order valence-corrected chi connectivity index (χ1v) is 8.63. The lowest BCUT2D eigenvalue weighted by molar-refractivity contribution is 0.399. The fourth-order valence-electron chi connectivity index (χ4n) is 1.87. The zero-order valence-electron chi connectivity index (χ0n) is 11.4. The Morgan fingerprint density at radius 2 is 1.90 bits per heavy atom. The first-order valence-electron chi connectivity index (χ1n) is 6.00. The molecule has 20 heavy (non-hydrogen) atoms. The van der Waals surface area contributed by atoms with Crippen molar-refractivity contribution in [1.29, 1.82) is 0 Å². The fourth-order valence-corrected chi connectivity index (χ4v) is 5.12. The molecule has 0 bridgehead atoms. The monoisotopic (exact) mass is 330 g/mol. The minimum absolute atomic E-state index is 0.202. The van der Waals surface area contributed by atoms with Crippen molar-refractivity contribution in [2.24, 2.45) is 0 Å². The van der Waals surface area contributed by atoms with Gasteiger partial charge in [-0.15, -0.1) is 0 Å². The molecule has 1 atom stereocenters. The van der Waals surface area contributed by atoms with Crippen LogP contribution in [-0.2, 0) is 10.0 Å². The Balaban J connectivity index is 2.37. The molecule has 0 N–H and O–H groups in total. The maximum absolute atomic E-state index is 12.6. The normalized spacial score (nSPS) is 13.7. The van der Waals surface area contributed by atoms with Crippen LogP contribution in [0.25, 0.3) is 0 Å². The zero-order valence-corrected chi connectivity index (χ0v) is 13.8. The summed E-state index contributed by atoms with van der Waals surface area (Å²) in [5.41, 5.74) is 1.37. The van der Waals surface area contributed by atoms with Crippen LogP contribution in [0.15, 0.2) is 34.5 Å². The van der Waals surface area contributed by atoms with E-state index >= 15 is 0 Å². The van der Waals surface area contributed by atoms with E-state index in [-0.39, 0.29) is 14.7 Å². The number of benzene rings is 1. The van der Waals surface area contributed by atoms with Gasteiger partial charge in [-0.25, -0.2) is 13.4 Å². The van der Waals surface area contributed by atoms with E-state index < -0.39 is 10.0 Å². The SMILES string of the molecule is Cc1nc(Cl)sc1S(=O)(=O)N(C)C(C)c1ccccc1. The molecule has 1 aromatic heterocycles. The zero-order chi connectivity index (χ0) is 14.9. The lowest BCUT2D eigenvalue weighted by Crippen LogP contribution is -2.29. The maximum atomic E-state index is 12.6. The molecule has 0 spiro atoms. The van der Waals surface area contributed by atoms with Gasteiger partial charge in [0.25, 0.3) is 10.0 Å². The lowest BCUT2D eigenvalue weighted by Gasteiger charge is -2.24. The van der Waals surface area contributed by atoms with Crippen LogP contribution < -0.4 is 0 Å². The molecule has 4 nitrogen and oxygen atoms in total. The molecular formula is C13H15ClN2O2S2. The van der Waals surface area contributed by atoms with Crippen molar-refractivity contribution < 1.29 is 8.42 Å². The maximum Gasteiger partial charge on any atom is 0.254 e. The van der Waals surface area contributed by atoms with Gasteiger partial charge in [-0.2, -0.15) is 4.31 Å². The van der Waals surface area contributed by atoms with Crippen LogP contribution in [0.4, 0.5) is 0 Å². The summed E-state index contributed by atoms with van der Waals surface area (Å²) in [6.45, 7) is 3.50. The number of sulfonamides is 1. The molecule has 108 valence electrons. The van der Waals surface area contributed by atoms with Crippen LogP contribution in [0.5, 0.6) is 0 Å². The van der Waals surface area contributed by atoms with Crippen LogP contribution in [0.1, 0.15) is 24.2 Å². The molecule has 0 radical (unpaired) electrons. The smallest absolute Gasteiger partial charge is 0.229 e. The molecule has 0 aliphatic heterocycles. The third kappa shape index (κ3) is 2.88. The minimum Gasteiger partial charge on any atom is -0.229 e. The number of aryl methyl sites for hydroxylation is 1. The van der Waals surface area contributed by atoms with Gasteiger partial charge in [0.1, 0.15) is 0 Å². The Morgan fingerprint density at radius 3 is 2.40 bits per heavy atom. The summed E-state index contributed by atoms with van der Waals surface area (Å²) in [7, 11) is -2.02. The number of hydrogen-bond donors (Lipinski definition) is 0. The van der Waals surface area contributed by atoms with E-state index in [9.17, 15) is 8.42 Å². The van der Waals surface area contributed by atoms with E-state index in [1.807, 2.05) is 37.3 Å². The van der Waals surface area contributed by atoms with Gasteiger partial charge in [0.05, 0.1) is 5.69 Å². The van der Waals surface area contributed by atoms with E-state index in [0.717, 1.165) is 16.9 Å². The molecule has 1 heterocycles. The molecule has 1 unspecified atom stereocenters. The quantitative estimate of drug-likeness (QED) is 0.862. The Morgan fingerprint density at radius 1 is 1.30 bits per heavy atom. The second kappa shape index (κ2) is 5.81. The fraction of sp³-hybridized carbons (Fsp3) is 0.308. The van der Waals surface area contributed by atoms with Gasteiger partial charge in [0.2, 0.25) is 0 Å². The summed E-state index contributed by atoms with van der Waals surface area (Å²) in [4.78, 5) is 3.97. The molecule has 2 rings (SSSR count). The van der Waals surface area contributed by atoms with Gasteiger partial charge in [0, 0.05) is 13.1 Å². The Bertz CT molecular complexity index is 698. The number of thiazole rings is 1. The summed E-state index contributed by atoms with van der Waals surface area (Å²) in [6.07, 6.45) is 0. The van der Waals surface area contributed by atoms with Crippen molar-refractivity contribution in [2.75, 3.05) is 7.05 Å². The molecule has 0 fully saturated rings. The summed E-state index contributed by atoms with van der Waals surface area (Å²) < 4.78 is 27.0. The molecule has 2 aromatic rings. The summed E-state index contributed by atoms with van der Waals surface area (Å²) in [5, 5.41) is 0. The standard InChI is InChI=1S/C13H15ClN2O2S2/c1-9-12(19-13(14)15-9)20(17,18)16(3)10(2)11-7-5-4-6-8-11/h4-8,10H,1-3H3. The van der Waals surface area contributed by atoms with Crippen molar-refractivity contribution >= 4 is 33.0 Å². The molecule has 7 heteroatoms. The number of nitrogens with zero attached hydrogens (tertiary/aromatic N) is 2. The topological polar surface area (TPSA) is 50.3 Å². The number of halogens is 1. The third-order valence-corrected chi connectivity index (χ3v) is 6.95. The highest BCUT2D eigenvalue weighted by molar-refractivity contribution is 7.91. The van der Waals surface area contributed by atoms with Crippen LogP contribution in [0.3, 0.4) is 0 Å². The average Bonchev–Trinajstić information content (AvgIpc) is 2.77. The second-order valence-electron chi connectivity index (χ2n) is 4.45. The average molecular weight is 331 g/mol. The summed E-state index contributed by atoms with van der Waals surface area (Å²) in [5.74, 6) is 0. The van der Waals surface area contributed by atoms with E-state index in [1.54, 1.807) is 14.0 Å². The van der Waals surface area contributed by atoms with E-state index in [2.05, 4.69) is 4.98 Å². The van der Waals surface area contributed by atoms with Crippen molar-refractivity contribution in [3.8, 4) is 0 Å². The first-order chi connectivity index (χ1) is 9.34. The largest absolute Gasteiger partial charge is 0.254 e. The number of hydrogen-bond acceptors (Lipinski definition) is 4. The van der Waals surface area contributed by atoms with Gasteiger partial charge in [-0.05, 0) is 19.4 Å². The van der Waals surface area contributed by atoms with Crippen LogP contribution in [0.2, 0.25) is 4.47 Å². The Labute approximate surface area is 128 Å². The van der Waals surface area contributed by atoms with Crippen LogP contribution >= 0.6 is 22.9 Å². The highest BCUT2D eigenvalue weighted by Crippen LogP contribution is 2.32. The molecule has 1 aromatic carbocycles. The lowest BCUT2D eigenvalue weighted by atomic mass is 10.1. The van der Waals surface area contributed by atoms with Crippen molar-refractivity contribution in [3.63, 3.8) is 0 Å². The molecule has 0 saturated heterocycles. The van der Waals surface area contributed by atoms with E-state index in [4.69, 9.17) is 11.6 Å². The van der Waals surface area contributed by atoms with Crippen molar-refractivity contribution in [3.05, 3.63) is 46.1 Å². The van der Waals surface area contributed by atoms with Gasteiger partial charge in [-0.3, -0.25) is 0 Å². The Kier molecular flexibility index (Phi) is 4.49. The molecule has 0 amide bonds. The van der Waals surface area contributed by atoms with E-state index in [1.165, 1.54) is 4.31 Å². The third-order valence-electron chi connectivity index (χ3n) is 3.17. The van der Waals surface area contributed by atoms with Crippen molar-refractivity contribution in [1.82, 2.24) is 9.29 Å². The predicted molar refractivity (Wildman–Crippen MR) is 81.7 cm³/mol. The second-order valence-corrected chi connectivity index (χ2v) is 8.22. The molecular weight excluding hydrogens is 316 g/mol. The predicted octanol–water partition coefficient (Wildman–Crippen LogP) is 3.49. The highest BCUT2D eigenvalue weighted by Gasteiger charge is 2.30. The molecule has 0 aliphatic carbocycles. The Hall–Kier alpha value is -0.950. The highest BCUT2D eigenvalue weighted by atomic mass is 35.5. The first kappa shape index (κ1) is 15.4. The van der Waals surface area contributed by atoms with Crippen LogP contribution in [-0.4, -0.2) is 24.8 Å².